The molecule has 0 bridgehead atoms. The number of carbonyl (C=O) groups is 2. The molecule has 112 valence electrons. The van der Waals surface area contributed by atoms with E-state index in [0.29, 0.717) is 24.0 Å². The van der Waals surface area contributed by atoms with Crippen LogP contribution in [0.1, 0.15) is 27.9 Å². The van der Waals surface area contributed by atoms with E-state index in [0.717, 1.165) is 5.56 Å². The molecule has 1 aliphatic carbocycles. The fourth-order valence-corrected chi connectivity index (χ4v) is 3.19. The summed E-state index contributed by atoms with van der Waals surface area (Å²) in [7, 11) is 1.28. The van der Waals surface area contributed by atoms with Crippen LogP contribution in [-0.2, 0) is 21.4 Å². The molecule has 3 rings (SSSR count). The number of carbonyl (C=O) groups excluding carboxylic acids is 2. The van der Waals surface area contributed by atoms with Crippen LogP contribution in [0.4, 0.5) is 0 Å². The zero-order valence-electron chi connectivity index (χ0n) is 12.2. The predicted molar refractivity (Wildman–Crippen MR) is 80.9 cm³/mol. The first-order valence-corrected chi connectivity index (χ1v) is 7.10. The van der Waals surface area contributed by atoms with Crippen LogP contribution in [0.3, 0.4) is 0 Å². The molecule has 0 saturated carbocycles. The highest BCUT2D eigenvalue weighted by Gasteiger charge is 2.52. The summed E-state index contributed by atoms with van der Waals surface area (Å²) in [5.41, 5.74) is 0.536. The lowest BCUT2D eigenvalue weighted by atomic mass is 9.75. The number of methoxy groups -OCH3 is 1. The van der Waals surface area contributed by atoms with Crippen molar-refractivity contribution in [3.8, 4) is 5.75 Å². The van der Waals surface area contributed by atoms with Crippen molar-refractivity contribution >= 4 is 11.8 Å². The molecule has 0 amide bonds. The van der Waals surface area contributed by atoms with Gasteiger partial charge in [-0.1, -0.05) is 36.4 Å². The zero-order chi connectivity index (χ0) is 15.7. The van der Waals surface area contributed by atoms with Gasteiger partial charge in [-0.15, -0.1) is 0 Å². The third kappa shape index (κ3) is 1.99. The topological polar surface area (TPSA) is 63.6 Å². The second-order valence-electron chi connectivity index (χ2n) is 5.43. The number of hydrogen-bond donors (Lipinski definition) is 1. The molecule has 2 aromatic rings. The summed E-state index contributed by atoms with van der Waals surface area (Å²) < 4.78 is 4.94. The highest BCUT2D eigenvalue weighted by atomic mass is 16.5. The van der Waals surface area contributed by atoms with Crippen molar-refractivity contribution < 1.29 is 19.4 Å². The second kappa shape index (κ2) is 5.30. The monoisotopic (exact) mass is 296 g/mol. The summed E-state index contributed by atoms with van der Waals surface area (Å²) in [6.07, 6.45) is 0.954. The van der Waals surface area contributed by atoms with Gasteiger partial charge in [0.05, 0.1) is 7.11 Å². The van der Waals surface area contributed by atoms with E-state index in [1.807, 2.05) is 6.07 Å². The molecule has 1 atom stereocenters. The number of Topliss-reactive ketones (excluding diaryl/α,β-unsaturated/α-hetero) is 1. The first-order chi connectivity index (χ1) is 10.6. The number of hydrogen-bond acceptors (Lipinski definition) is 4. The maximum absolute atomic E-state index is 13.1. The molecule has 1 aliphatic rings. The zero-order valence-corrected chi connectivity index (χ0v) is 12.2. The van der Waals surface area contributed by atoms with Crippen LogP contribution in [0.15, 0.2) is 48.5 Å². The fourth-order valence-electron chi connectivity index (χ4n) is 3.19. The van der Waals surface area contributed by atoms with Crippen LogP contribution in [0.5, 0.6) is 5.75 Å². The lowest BCUT2D eigenvalue weighted by molar-refractivity contribution is -0.145. The van der Waals surface area contributed by atoms with Crippen LogP contribution < -0.4 is 0 Å². The molecular weight excluding hydrogens is 280 g/mol. The van der Waals surface area contributed by atoms with Gasteiger partial charge in [-0.3, -0.25) is 9.59 Å². The Morgan fingerprint density at radius 3 is 2.55 bits per heavy atom. The maximum Gasteiger partial charge on any atom is 0.324 e. The number of ether oxygens (including phenoxy) is 1. The van der Waals surface area contributed by atoms with Crippen molar-refractivity contribution in [3.63, 3.8) is 0 Å². The summed E-state index contributed by atoms with van der Waals surface area (Å²) in [4.78, 5) is 25.6. The van der Waals surface area contributed by atoms with Gasteiger partial charge in [-0.05, 0) is 36.1 Å². The van der Waals surface area contributed by atoms with Crippen molar-refractivity contribution in [2.45, 2.75) is 18.3 Å². The van der Waals surface area contributed by atoms with Crippen molar-refractivity contribution in [1.29, 1.82) is 0 Å². The molecule has 0 spiro atoms. The summed E-state index contributed by atoms with van der Waals surface area (Å²) in [5, 5.41) is 9.77. The second-order valence-corrected chi connectivity index (χ2v) is 5.43. The minimum Gasteiger partial charge on any atom is -0.508 e. The third-order valence-electron chi connectivity index (χ3n) is 4.28. The van der Waals surface area contributed by atoms with Crippen molar-refractivity contribution in [2.75, 3.05) is 7.11 Å². The molecule has 4 nitrogen and oxygen atoms in total. The Balaban J connectivity index is 2.20. The van der Waals surface area contributed by atoms with Gasteiger partial charge in [0.25, 0.3) is 0 Å². The fraction of sp³-hybridized carbons (Fsp3) is 0.222. The lowest BCUT2D eigenvalue weighted by Gasteiger charge is -2.26. The molecule has 0 fully saturated rings. The van der Waals surface area contributed by atoms with Gasteiger partial charge in [0.2, 0.25) is 0 Å². The van der Waals surface area contributed by atoms with Gasteiger partial charge in [-0.2, -0.15) is 0 Å². The van der Waals surface area contributed by atoms with Crippen molar-refractivity contribution in [3.05, 3.63) is 65.2 Å². The highest BCUT2D eigenvalue weighted by molar-refractivity contribution is 6.18. The van der Waals surface area contributed by atoms with Gasteiger partial charge in [0.15, 0.2) is 11.2 Å². The SMILES string of the molecule is COC(=O)C1(C(=O)c2ccccc2)CCc2ccc(O)cc21. The smallest absolute Gasteiger partial charge is 0.324 e. The van der Waals surface area contributed by atoms with E-state index in [9.17, 15) is 14.7 Å². The number of aromatic hydroxyl groups is 1. The van der Waals surface area contributed by atoms with Crippen LogP contribution in [-0.4, -0.2) is 24.0 Å². The van der Waals surface area contributed by atoms with E-state index in [1.165, 1.54) is 13.2 Å². The first-order valence-electron chi connectivity index (χ1n) is 7.10. The highest BCUT2D eigenvalue weighted by Crippen LogP contribution is 2.43. The number of aryl methyl sites for hydroxylation is 1. The van der Waals surface area contributed by atoms with E-state index in [1.54, 1.807) is 36.4 Å². The Labute approximate surface area is 128 Å². The van der Waals surface area contributed by atoms with E-state index >= 15 is 0 Å². The molecule has 1 N–H and O–H groups in total. The summed E-state index contributed by atoms with van der Waals surface area (Å²) >= 11 is 0. The van der Waals surface area contributed by atoms with E-state index in [2.05, 4.69) is 0 Å². The number of benzene rings is 2. The molecular formula is C18H16O4. The molecule has 0 heterocycles. The lowest BCUT2D eigenvalue weighted by Crippen LogP contribution is -2.42. The van der Waals surface area contributed by atoms with Crippen LogP contribution in [0.2, 0.25) is 0 Å². The Morgan fingerprint density at radius 1 is 1.14 bits per heavy atom. The third-order valence-corrected chi connectivity index (χ3v) is 4.28. The Hall–Kier alpha value is -2.62. The molecule has 0 aliphatic heterocycles. The first kappa shape index (κ1) is 14.3. The Morgan fingerprint density at radius 2 is 1.86 bits per heavy atom. The summed E-state index contributed by atoms with van der Waals surface area (Å²) in [6.45, 7) is 0. The molecule has 4 heteroatoms. The molecule has 0 saturated heterocycles. The van der Waals surface area contributed by atoms with E-state index in [4.69, 9.17) is 4.74 Å². The van der Waals surface area contributed by atoms with Crippen LogP contribution in [0.25, 0.3) is 0 Å². The average molecular weight is 296 g/mol. The number of ketones is 1. The Bertz CT molecular complexity index is 736. The largest absolute Gasteiger partial charge is 0.508 e. The van der Waals surface area contributed by atoms with E-state index < -0.39 is 11.4 Å². The molecule has 0 aromatic heterocycles. The summed E-state index contributed by atoms with van der Waals surface area (Å²) in [5.74, 6) is -0.829. The van der Waals surface area contributed by atoms with Gasteiger partial charge >= 0.3 is 5.97 Å². The van der Waals surface area contributed by atoms with Crippen molar-refractivity contribution in [1.82, 2.24) is 0 Å². The van der Waals surface area contributed by atoms with Crippen LogP contribution in [0, 0.1) is 0 Å². The summed E-state index contributed by atoms with van der Waals surface area (Å²) in [6, 6.07) is 13.5. The van der Waals surface area contributed by atoms with Crippen molar-refractivity contribution in [2.24, 2.45) is 0 Å². The number of fused-ring (bicyclic) bond motifs is 1. The van der Waals surface area contributed by atoms with Gasteiger partial charge in [-0.25, -0.2) is 0 Å². The normalized spacial score (nSPS) is 19.5. The number of esters is 1. The van der Waals surface area contributed by atoms with Crippen LogP contribution >= 0.6 is 0 Å². The molecule has 1 unspecified atom stereocenters. The van der Waals surface area contributed by atoms with Gasteiger partial charge in [0, 0.05) is 5.56 Å². The minimum atomic E-state index is -1.37. The quantitative estimate of drug-likeness (QED) is 0.537. The standard InChI is InChI=1S/C18H16O4/c1-22-17(21)18(16(20)13-5-3-2-4-6-13)10-9-12-7-8-14(19)11-15(12)18/h2-8,11,19H,9-10H2,1H3. The number of rotatable bonds is 3. The minimum absolute atomic E-state index is 0.0368. The Kier molecular flexibility index (Phi) is 3.45. The molecule has 0 radical (unpaired) electrons. The van der Waals surface area contributed by atoms with E-state index in [-0.39, 0.29) is 11.5 Å². The molecule has 2 aromatic carbocycles. The van der Waals surface area contributed by atoms with Gasteiger partial charge in [0.1, 0.15) is 5.75 Å². The predicted octanol–water partition coefficient (Wildman–Crippen LogP) is 2.63. The molecule has 22 heavy (non-hydrogen) atoms. The maximum atomic E-state index is 13.1. The number of phenols is 1. The number of phenolic OH excluding ortho intramolecular Hbond substituents is 1. The average Bonchev–Trinajstić information content (AvgIpc) is 2.94. The van der Waals surface area contributed by atoms with Gasteiger partial charge < -0.3 is 9.84 Å².